The zero-order chi connectivity index (χ0) is 17.5. The standard InChI is InChI=1S/C17H22Cl3NO3/c18-14(19)15(20)24-17(23)13-10-6-5-9-12(13)16(22)21-11-7-3-1-2-4-8-11/h5-6,11-13H,1-4,7-10H2,(H,21,22)/t12-,13-/m1/s1. The first-order valence-corrected chi connectivity index (χ1v) is 9.50. The van der Waals surface area contributed by atoms with E-state index in [1.54, 1.807) is 0 Å². The van der Waals surface area contributed by atoms with Crippen molar-refractivity contribution in [3.63, 3.8) is 0 Å². The fraction of sp³-hybridized carbons (Fsp3) is 0.647. The Morgan fingerprint density at radius 1 is 0.917 bits per heavy atom. The fourth-order valence-electron chi connectivity index (χ4n) is 3.30. The summed E-state index contributed by atoms with van der Waals surface area (Å²) in [4.78, 5) is 25.0. The molecule has 0 spiro atoms. The van der Waals surface area contributed by atoms with Crippen molar-refractivity contribution in [3.8, 4) is 0 Å². The lowest BCUT2D eigenvalue weighted by Crippen LogP contribution is -2.43. The zero-order valence-electron chi connectivity index (χ0n) is 13.4. The van der Waals surface area contributed by atoms with Gasteiger partial charge in [0.15, 0.2) is 4.49 Å². The van der Waals surface area contributed by atoms with E-state index in [9.17, 15) is 9.59 Å². The van der Waals surface area contributed by atoms with Gasteiger partial charge in [-0.25, -0.2) is 0 Å². The molecule has 1 saturated carbocycles. The van der Waals surface area contributed by atoms with Crippen LogP contribution in [0.25, 0.3) is 0 Å². The first-order valence-electron chi connectivity index (χ1n) is 8.37. The number of ether oxygens (including phenoxy) is 1. The fourth-order valence-corrected chi connectivity index (χ4v) is 3.45. The first-order chi connectivity index (χ1) is 11.5. The summed E-state index contributed by atoms with van der Waals surface area (Å²) >= 11 is 16.7. The van der Waals surface area contributed by atoms with Gasteiger partial charge < -0.3 is 10.1 Å². The number of halogens is 3. The van der Waals surface area contributed by atoms with Gasteiger partial charge in [0.1, 0.15) is 0 Å². The summed E-state index contributed by atoms with van der Waals surface area (Å²) in [6.45, 7) is 0. The van der Waals surface area contributed by atoms with Gasteiger partial charge in [-0.15, -0.1) is 0 Å². The molecule has 0 aromatic carbocycles. The van der Waals surface area contributed by atoms with E-state index >= 15 is 0 Å². The van der Waals surface area contributed by atoms with Crippen molar-refractivity contribution in [2.45, 2.75) is 57.4 Å². The van der Waals surface area contributed by atoms with Gasteiger partial charge >= 0.3 is 5.97 Å². The predicted octanol–water partition coefficient (Wildman–Crippen LogP) is 4.79. The Morgan fingerprint density at radius 2 is 1.50 bits per heavy atom. The lowest BCUT2D eigenvalue weighted by atomic mass is 9.82. The average molecular weight is 395 g/mol. The Labute approximate surface area is 157 Å². The number of rotatable bonds is 4. The lowest BCUT2D eigenvalue weighted by molar-refractivity contribution is -0.148. The van der Waals surface area contributed by atoms with Crippen LogP contribution in [0.1, 0.15) is 51.4 Å². The molecule has 24 heavy (non-hydrogen) atoms. The Balaban J connectivity index is 2.00. The van der Waals surface area contributed by atoms with Gasteiger partial charge in [0.05, 0.1) is 11.8 Å². The minimum absolute atomic E-state index is 0.0923. The van der Waals surface area contributed by atoms with Crippen molar-refractivity contribution in [3.05, 3.63) is 21.9 Å². The molecular weight excluding hydrogens is 373 g/mol. The first kappa shape index (κ1) is 19.6. The van der Waals surface area contributed by atoms with E-state index in [0.717, 1.165) is 25.7 Å². The molecule has 2 aliphatic carbocycles. The largest absolute Gasteiger partial charge is 0.411 e. The van der Waals surface area contributed by atoms with Crippen molar-refractivity contribution in [2.24, 2.45) is 11.8 Å². The van der Waals surface area contributed by atoms with Crippen LogP contribution in [0, 0.1) is 11.8 Å². The monoisotopic (exact) mass is 393 g/mol. The predicted molar refractivity (Wildman–Crippen MR) is 95.7 cm³/mol. The number of nitrogens with one attached hydrogen (secondary N) is 1. The van der Waals surface area contributed by atoms with Gasteiger partial charge in [0.2, 0.25) is 11.1 Å². The van der Waals surface area contributed by atoms with Gasteiger partial charge in [0, 0.05) is 6.04 Å². The van der Waals surface area contributed by atoms with E-state index in [1.165, 1.54) is 12.8 Å². The average Bonchev–Trinajstić information content (AvgIpc) is 2.83. The second-order valence-corrected chi connectivity index (χ2v) is 7.60. The molecule has 0 aromatic rings. The molecule has 0 aliphatic heterocycles. The van der Waals surface area contributed by atoms with Crippen LogP contribution in [-0.4, -0.2) is 17.9 Å². The van der Waals surface area contributed by atoms with E-state index in [4.69, 9.17) is 39.5 Å². The SMILES string of the molecule is O=C(NC1CCCCCC1)[C@@H]1CC=CC[C@H]1C(=O)OC(Cl)=C(Cl)Cl. The third kappa shape index (κ3) is 5.68. The van der Waals surface area contributed by atoms with Crippen LogP contribution in [0.3, 0.4) is 0 Å². The van der Waals surface area contributed by atoms with E-state index < -0.39 is 17.8 Å². The number of allylic oxidation sites excluding steroid dienone is 2. The lowest BCUT2D eigenvalue weighted by Gasteiger charge is -2.27. The molecule has 134 valence electrons. The Bertz CT molecular complexity index is 521. The number of carbonyl (C=O) groups is 2. The van der Waals surface area contributed by atoms with Crippen LogP contribution in [0.2, 0.25) is 0 Å². The highest BCUT2D eigenvalue weighted by Gasteiger charge is 2.36. The summed E-state index contributed by atoms with van der Waals surface area (Å²) in [6.07, 6.45) is 11.5. The summed E-state index contributed by atoms with van der Waals surface area (Å²) in [7, 11) is 0. The van der Waals surface area contributed by atoms with Crippen LogP contribution >= 0.6 is 34.8 Å². The van der Waals surface area contributed by atoms with E-state index in [2.05, 4.69) is 5.32 Å². The van der Waals surface area contributed by atoms with Crippen molar-refractivity contribution in [1.29, 1.82) is 0 Å². The van der Waals surface area contributed by atoms with Crippen LogP contribution in [0.5, 0.6) is 0 Å². The van der Waals surface area contributed by atoms with Crippen LogP contribution < -0.4 is 5.32 Å². The van der Waals surface area contributed by atoms with Gasteiger partial charge in [-0.1, -0.05) is 61.0 Å². The third-order valence-electron chi connectivity index (χ3n) is 4.61. The molecular formula is C17H22Cl3NO3. The molecule has 1 amide bonds. The highest BCUT2D eigenvalue weighted by molar-refractivity contribution is 6.59. The molecule has 2 aliphatic rings. The van der Waals surface area contributed by atoms with Crippen molar-refractivity contribution in [1.82, 2.24) is 5.32 Å². The summed E-state index contributed by atoms with van der Waals surface area (Å²) in [6, 6.07) is 0.198. The molecule has 0 heterocycles. The smallest absolute Gasteiger partial charge is 0.316 e. The minimum Gasteiger partial charge on any atom is -0.411 e. The molecule has 4 nitrogen and oxygen atoms in total. The van der Waals surface area contributed by atoms with Gasteiger partial charge in [-0.05, 0) is 37.3 Å². The molecule has 0 unspecified atom stereocenters. The maximum Gasteiger partial charge on any atom is 0.316 e. The van der Waals surface area contributed by atoms with Crippen molar-refractivity contribution >= 4 is 46.7 Å². The topological polar surface area (TPSA) is 55.4 Å². The summed E-state index contributed by atoms with van der Waals surface area (Å²) < 4.78 is 4.66. The highest BCUT2D eigenvalue weighted by Crippen LogP contribution is 2.30. The van der Waals surface area contributed by atoms with Crippen molar-refractivity contribution in [2.75, 3.05) is 0 Å². The maximum atomic E-state index is 12.7. The van der Waals surface area contributed by atoms with E-state index in [1.807, 2.05) is 12.2 Å². The quantitative estimate of drug-likeness (QED) is 0.323. The summed E-state index contributed by atoms with van der Waals surface area (Å²) in [5.41, 5.74) is 0. The van der Waals surface area contributed by atoms with Gasteiger partial charge in [-0.2, -0.15) is 0 Å². The van der Waals surface area contributed by atoms with E-state index in [-0.39, 0.29) is 21.7 Å². The number of hydrogen-bond donors (Lipinski definition) is 1. The molecule has 2 rings (SSSR count). The second-order valence-electron chi connectivity index (χ2n) is 6.31. The minimum atomic E-state index is -0.581. The Morgan fingerprint density at radius 3 is 2.08 bits per heavy atom. The second kappa shape index (κ2) is 9.69. The molecule has 0 bridgehead atoms. The van der Waals surface area contributed by atoms with Crippen molar-refractivity contribution < 1.29 is 14.3 Å². The molecule has 0 aromatic heterocycles. The molecule has 0 saturated heterocycles. The van der Waals surface area contributed by atoms with Gasteiger partial charge in [0.25, 0.3) is 0 Å². The highest BCUT2D eigenvalue weighted by atomic mass is 35.5. The number of hydrogen-bond acceptors (Lipinski definition) is 3. The Kier molecular flexibility index (Phi) is 7.92. The van der Waals surface area contributed by atoms with E-state index in [0.29, 0.717) is 12.8 Å². The molecule has 2 atom stereocenters. The zero-order valence-corrected chi connectivity index (χ0v) is 15.7. The van der Waals surface area contributed by atoms with Crippen LogP contribution in [0.15, 0.2) is 21.9 Å². The Hall–Kier alpha value is -0.710. The number of amides is 1. The van der Waals surface area contributed by atoms with Crippen LogP contribution in [-0.2, 0) is 14.3 Å². The maximum absolute atomic E-state index is 12.7. The normalized spacial score (nSPS) is 24.8. The third-order valence-corrected chi connectivity index (χ3v) is 5.42. The molecule has 1 N–H and O–H groups in total. The molecule has 1 fully saturated rings. The molecule has 0 radical (unpaired) electrons. The van der Waals surface area contributed by atoms with Crippen LogP contribution in [0.4, 0.5) is 0 Å². The van der Waals surface area contributed by atoms with Gasteiger partial charge in [-0.3, -0.25) is 9.59 Å². The number of carbonyl (C=O) groups excluding carboxylic acids is 2. The molecule has 7 heteroatoms. The summed E-state index contributed by atoms with van der Waals surface area (Å²) in [5, 5.41) is 2.75. The number of esters is 1. The summed E-state index contributed by atoms with van der Waals surface area (Å²) in [5.74, 6) is -1.71.